The second kappa shape index (κ2) is 8.59. The van der Waals surface area contributed by atoms with E-state index in [1.807, 2.05) is 13.8 Å². The lowest BCUT2D eigenvalue weighted by Crippen LogP contribution is -2.42. The van der Waals surface area contributed by atoms with Crippen LogP contribution in [0.4, 0.5) is 0 Å². The monoisotopic (exact) mass is 386 g/mol. The number of likely N-dealkylation sites (N-methyl/N-ethyl adjacent to an activating group) is 1. The Morgan fingerprint density at radius 2 is 2.00 bits per heavy atom. The van der Waals surface area contributed by atoms with E-state index in [1.54, 1.807) is 35.4 Å². The van der Waals surface area contributed by atoms with Crippen LogP contribution in [0.15, 0.2) is 49.1 Å². The van der Waals surface area contributed by atoms with Crippen molar-refractivity contribution in [3.63, 3.8) is 0 Å². The molecule has 27 heavy (non-hydrogen) atoms. The van der Waals surface area contributed by atoms with Gasteiger partial charge in [0.1, 0.15) is 6.61 Å². The molecule has 0 radical (unpaired) electrons. The van der Waals surface area contributed by atoms with Crippen LogP contribution < -0.4 is 4.74 Å². The highest BCUT2D eigenvalue weighted by atomic mass is 35.5. The maximum Gasteiger partial charge on any atom is 0.258 e. The average molecular weight is 387 g/mol. The van der Waals surface area contributed by atoms with Crippen LogP contribution >= 0.6 is 11.6 Å². The number of hydrogen-bond donors (Lipinski definition) is 0. The Kier molecular flexibility index (Phi) is 5.97. The Balaban J connectivity index is 1.75. The van der Waals surface area contributed by atoms with Crippen LogP contribution in [0.2, 0.25) is 5.02 Å². The normalized spacial score (nSPS) is 11.8. The summed E-state index contributed by atoms with van der Waals surface area (Å²) >= 11 is 5.82. The lowest BCUT2D eigenvalue weighted by atomic mass is 10.2. The van der Waals surface area contributed by atoms with Crippen LogP contribution in [0.5, 0.6) is 5.88 Å². The number of halogens is 1. The molecule has 1 atom stereocenters. The summed E-state index contributed by atoms with van der Waals surface area (Å²) in [5.41, 5.74) is 0.423. The molecule has 1 unspecified atom stereocenters. The van der Waals surface area contributed by atoms with Crippen molar-refractivity contribution in [1.82, 2.24) is 29.9 Å². The smallest absolute Gasteiger partial charge is 0.258 e. The minimum atomic E-state index is -0.182. The molecule has 0 saturated carbocycles. The minimum absolute atomic E-state index is 0.168. The second-order valence-corrected chi connectivity index (χ2v) is 6.20. The average Bonchev–Trinajstić information content (AvgIpc) is 3.22. The molecule has 0 aliphatic carbocycles. The lowest BCUT2D eigenvalue weighted by molar-refractivity contribution is 0.0645. The molecule has 1 amide bonds. The summed E-state index contributed by atoms with van der Waals surface area (Å²) in [6.07, 6.45) is 6.19. The summed E-state index contributed by atoms with van der Waals surface area (Å²) in [6, 6.07) is 6.64. The number of ether oxygens (including phenoxy) is 1. The zero-order valence-electron chi connectivity index (χ0n) is 15.0. The quantitative estimate of drug-likeness (QED) is 0.620. The molecule has 3 aromatic heterocycles. The Labute approximate surface area is 161 Å². The molecule has 0 aliphatic rings. The van der Waals surface area contributed by atoms with E-state index in [4.69, 9.17) is 16.3 Å². The van der Waals surface area contributed by atoms with Gasteiger partial charge in [-0.3, -0.25) is 4.79 Å². The van der Waals surface area contributed by atoms with Crippen LogP contribution in [0.3, 0.4) is 0 Å². The van der Waals surface area contributed by atoms with Gasteiger partial charge in [-0.15, -0.1) is 4.80 Å². The third-order valence-electron chi connectivity index (χ3n) is 3.93. The van der Waals surface area contributed by atoms with E-state index in [-0.39, 0.29) is 11.9 Å². The summed E-state index contributed by atoms with van der Waals surface area (Å²) in [5.74, 6) is 0.675. The molecule has 0 aromatic carbocycles. The van der Waals surface area contributed by atoms with Gasteiger partial charge in [-0.2, -0.15) is 10.2 Å². The summed E-state index contributed by atoms with van der Waals surface area (Å²) in [5, 5.41) is 8.68. The van der Waals surface area contributed by atoms with E-state index < -0.39 is 0 Å². The molecule has 0 aliphatic heterocycles. The highest BCUT2D eigenvalue weighted by Gasteiger charge is 2.24. The van der Waals surface area contributed by atoms with Crippen molar-refractivity contribution in [2.24, 2.45) is 0 Å². The molecule has 0 bridgehead atoms. The molecular weight excluding hydrogens is 368 g/mol. The highest BCUT2D eigenvalue weighted by Crippen LogP contribution is 2.16. The van der Waals surface area contributed by atoms with Gasteiger partial charge in [0.05, 0.1) is 29.0 Å². The largest absolute Gasteiger partial charge is 0.475 e. The first-order valence-corrected chi connectivity index (χ1v) is 8.85. The number of hydrogen-bond acceptors (Lipinski definition) is 6. The van der Waals surface area contributed by atoms with Gasteiger partial charge in [0.2, 0.25) is 5.88 Å². The first-order valence-electron chi connectivity index (χ1n) is 8.47. The molecule has 8 nitrogen and oxygen atoms in total. The maximum atomic E-state index is 13.1. The fraction of sp³-hybridized carbons (Fsp3) is 0.278. The Hall–Kier alpha value is -3.00. The van der Waals surface area contributed by atoms with Gasteiger partial charge in [-0.1, -0.05) is 11.6 Å². The van der Waals surface area contributed by atoms with Gasteiger partial charge in [0, 0.05) is 25.0 Å². The van der Waals surface area contributed by atoms with Crippen LogP contribution in [-0.4, -0.2) is 55.0 Å². The number of carbonyl (C=O) groups is 1. The molecule has 0 spiro atoms. The van der Waals surface area contributed by atoms with Gasteiger partial charge in [0.15, 0.2) is 5.82 Å². The summed E-state index contributed by atoms with van der Waals surface area (Å²) in [7, 11) is 0. The standard InChI is InChI=1S/C18H19ClN6O2/c1-3-24(13(2)12-27-16-7-6-14(19)11-21-16)18(26)15-5-4-8-20-17(15)25-22-9-10-23-25/h4-11,13H,3,12H2,1-2H3. The number of nitrogens with zero attached hydrogens (tertiary/aromatic N) is 6. The number of aromatic nitrogens is 5. The van der Waals surface area contributed by atoms with Crippen LogP contribution in [0, 0.1) is 0 Å². The summed E-state index contributed by atoms with van der Waals surface area (Å²) in [6.45, 7) is 4.64. The third-order valence-corrected chi connectivity index (χ3v) is 4.16. The third kappa shape index (κ3) is 4.40. The van der Waals surface area contributed by atoms with Crippen LogP contribution in [0.1, 0.15) is 24.2 Å². The first-order chi connectivity index (χ1) is 13.1. The molecule has 140 valence electrons. The van der Waals surface area contributed by atoms with E-state index >= 15 is 0 Å². The second-order valence-electron chi connectivity index (χ2n) is 5.76. The van der Waals surface area contributed by atoms with Gasteiger partial charge >= 0.3 is 0 Å². The van der Waals surface area contributed by atoms with E-state index in [1.165, 1.54) is 23.4 Å². The Morgan fingerprint density at radius 1 is 1.22 bits per heavy atom. The fourth-order valence-electron chi connectivity index (χ4n) is 2.60. The van der Waals surface area contributed by atoms with Gasteiger partial charge in [-0.25, -0.2) is 9.97 Å². The molecule has 0 fully saturated rings. The maximum absolute atomic E-state index is 13.1. The van der Waals surface area contributed by atoms with Crippen molar-refractivity contribution in [1.29, 1.82) is 0 Å². The van der Waals surface area contributed by atoms with E-state index in [0.29, 0.717) is 35.4 Å². The van der Waals surface area contributed by atoms with E-state index in [2.05, 4.69) is 20.2 Å². The van der Waals surface area contributed by atoms with Crippen molar-refractivity contribution < 1.29 is 9.53 Å². The summed E-state index contributed by atoms with van der Waals surface area (Å²) in [4.78, 5) is 24.5. The molecule has 3 rings (SSSR count). The molecule has 0 N–H and O–H groups in total. The van der Waals surface area contributed by atoms with Crippen molar-refractivity contribution in [3.8, 4) is 11.7 Å². The zero-order valence-corrected chi connectivity index (χ0v) is 15.7. The number of rotatable bonds is 7. The lowest BCUT2D eigenvalue weighted by Gasteiger charge is -2.28. The van der Waals surface area contributed by atoms with Crippen molar-refractivity contribution >= 4 is 17.5 Å². The molecule has 3 aromatic rings. The van der Waals surface area contributed by atoms with Crippen molar-refractivity contribution in [2.45, 2.75) is 19.9 Å². The number of pyridine rings is 2. The topological polar surface area (TPSA) is 86.0 Å². The predicted molar refractivity (Wildman–Crippen MR) is 100 cm³/mol. The Bertz CT molecular complexity index is 885. The number of amides is 1. The van der Waals surface area contributed by atoms with Crippen LogP contribution in [-0.2, 0) is 0 Å². The predicted octanol–water partition coefficient (Wildman–Crippen LogP) is 2.64. The van der Waals surface area contributed by atoms with E-state index in [9.17, 15) is 4.79 Å². The fourth-order valence-corrected chi connectivity index (χ4v) is 2.71. The number of carbonyl (C=O) groups excluding carboxylic acids is 1. The van der Waals surface area contributed by atoms with Gasteiger partial charge in [0.25, 0.3) is 5.91 Å². The minimum Gasteiger partial charge on any atom is -0.475 e. The molecule has 3 heterocycles. The highest BCUT2D eigenvalue weighted by molar-refractivity contribution is 6.30. The van der Waals surface area contributed by atoms with Crippen LogP contribution in [0.25, 0.3) is 5.82 Å². The molecular formula is C18H19ClN6O2. The zero-order chi connectivity index (χ0) is 19.2. The molecule has 0 saturated heterocycles. The summed E-state index contributed by atoms with van der Waals surface area (Å²) < 4.78 is 5.68. The van der Waals surface area contributed by atoms with Gasteiger partial charge in [-0.05, 0) is 32.0 Å². The van der Waals surface area contributed by atoms with Crippen molar-refractivity contribution in [2.75, 3.05) is 13.2 Å². The molecule has 9 heteroatoms. The SMILES string of the molecule is CCN(C(=O)c1cccnc1-n1nccn1)C(C)COc1ccc(Cl)cn1. The Morgan fingerprint density at radius 3 is 2.67 bits per heavy atom. The van der Waals surface area contributed by atoms with Crippen molar-refractivity contribution in [3.05, 3.63) is 59.6 Å². The van der Waals surface area contributed by atoms with Gasteiger partial charge < -0.3 is 9.64 Å². The first kappa shape index (κ1) is 18.8. The van der Waals surface area contributed by atoms with E-state index in [0.717, 1.165) is 0 Å².